The van der Waals surface area contributed by atoms with Gasteiger partial charge in [-0.2, -0.15) is 0 Å². The number of aryl methyl sites for hydroxylation is 2. The van der Waals surface area contributed by atoms with Gasteiger partial charge in [-0.3, -0.25) is 9.59 Å². The summed E-state index contributed by atoms with van der Waals surface area (Å²) in [6.07, 6.45) is 3.96. The monoisotopic (exact) mass is 289 g/mol. The minimum Gasteiger partial charge on any atom is -0.381 e. The van der Waals surface area contributed by atoms with E-state index in [1.165, 1.54) is 4.90 Å². The summed E-state index contributed by atoms with van der Waals surface area (Å²) in [7, 11) is 0. The lowest BCUT2D eigenvalue weighted by atomic mass is 10.1. The summed E-state index contributed by atoms with van der Waals surface area (Å²) in [6.45, 7) is 7.88. The number of nitrogens with one attached hydrogen (secondary N) is 2. The zero-order chi connectivity index (χ0) is 15.8. The lowest BCUT2D eigenvalue weighted by Gasteiger charge is -2.16. The topological polar surface area (TPSA) is 61.4 Å². The van der Waals surface area contributed by atoms with E-state index in [4.69, 9.17) is 0 Å². The Morgan fingerprint density at radius 1 is 1.29 bits per heavy atom. The van der Waals surface area contributed by atoms with Crippen LogP contribution in [0.5, 0.6) is 0 Å². The fraction of sp³-hybridized carbons (Fsp3) is 0.375. The highest BCUT2D eigenvalue weighted by atomic mass is 16.2. The molecule has 0 atom stereocenters. The molecule has 2 N–H and O–H groups in total. The molecule has 0 saturated carbocycles. The Labute approximate surface area is 126 Å². The van der Waals surface area contributed by atoms with Crippen LogP contribution in [0.2, 0.25) is 0 Å². The number of rotatable bonds is 7. The molecule has 5 nitrogen and oxygen atoms in total. The van der Waals surface area contributed by atoms with Crippen LogP contribution in [0, 0.1) is 13.8 Å². The summed E-state index contributed by atoms with van der Waals surface area (Å²) in [6, 6.07) is 5.96. The zero-order valence-electron chi connectivity index (χ0n) is 13.0. The van der Waals surface area contributed by atoms with Crippen molar-refractivity contribution in [3.8, 4) is 0 Å². The molecular weight excluding hydrogens is 266 g/mol. The minimum absolute atomic E-state index is 0.0870. The Bertz CT molecular complexity index is 504. The molecule has 0 fully saturated rings. The molecule has 0 unspecified atom stereocenters. The van der Waals surface area contributed by atoms with Crippen LogP contribution in [0.15, 0.2) is 30.6 Å². The summed E-state index contributed by atoms with van der Waals surface area (Å²) in [4.78, 5) is 24.1. The number of hydrogen-bond acceptors (Lipinski definition) is 3. The summed E-state index contributed by atoms with van der Waals surface area (Å²) in [5.41, 5.74) is 2.92. The van der Waals surface area contributed by atoms with Crippen LogP contribution in [0.4, 0.5) is 5.69 Å². The van der Waals surface area contributed by atoms with Gasteiger partial charge < -0.3 is 15.5 Å². The standard InChI is InChI=1S/C16H23N3O2/c1-12(2)19(11-20)9-8-17-10-15(21)18-16-13(3)6-5-7-14(16)4/h5-9,11-12,17H,10H2,1-4H3,(H,18,21)/b9-8-. The molecule has 0 aromatic heterocycles. The van der Waals surface area contributed by atoms with Gasteiger partial charge in [-0.1, -0.05) is 18.2 Å². The first-order valence-corrected chi connectivity index (χ1v) is 6.94. The van der Waals surface area contributed by atoms with Crippen molar-refractivity contribution in [3.05, 3.63) is 41.7 Å². The van der Waals surface area contributed by atoms with E-state index >= 15 is 0 Å². The molecule has 0 saturated heterocycles. The number of hydrogen-bond donors (Lipinski definition) is 2. The molecular formula is C16H23N3O2. The van der Waals surface area contributed by atoms with Crippen LogP contribution < -0.4 is 10.6 Å². The second-order valence-electron chi connectivity index (χ2n) is 5.16. The third kappa shape index (κ3) is 5.30. The normalized spacial score (nSPS) is 10.7. The Morgan fingerprint density at radius 3 is 2.43 bits per heavy atom. The summed E-state index contributed by atoms with van der Waals surface area (Å²) in [5.74, 6) is -0.126. The second-order valence-corrected chi connectivity index (χ2v) is 5.16. The van der Waals surface area contributed by atoms with Crippen LogP contribution in [0.3, 0.4) is 0 Å². The fourth-order valence-electron chi connectivity index (χ4n) is 1.81. The van der Waals surface area contributed by atoms with Gasteiger partial charge in [-0.05, 0) is 38.8 Å². The van der Waals surface area contributed by atoms with E-state index in [0.717, 1.165) is 23.2 Å². The van der Waals surface area contributed by atoms with Crippen molar-refractivity contribution in [2.24, 2.45) is 0 Å². The number of carbonyl (C=O) groups excluding carboxylic acids is 2. The van der Waals surface area contributed by atoms with E-state index in [9.17, 15) is 9.59 Å². The third-order valence-corrected chi connectivity index (χ3v) is 3.09. The highest BCUT2D eigenvalue weighted by molar-refractivity contribution is 5.93. The average molecular weight is 289 g/mol. The molecule has 114 valence electrons. The molecule has 0 aliphatic heterocycles. The highest BCUT2D eigenvalue weighted by Crippen LogP contribution is 2.18. The second kappa shape index (κ2) is 8.09. The Kier molecular flexibility index (Phi) is 6.46. The molecule has 1 aromatic rings. The maximum atomic E-state index is 11.9. The van der Waals surface area contributed by atoms with Gasteiger partial charge in [-0.25, -0.2) is 0 Å². The molecule has 1 rings (SSSR count). The van der Waals surface area contributed by atoms with E-state index < -0.39 is 0 Å². The molecule has 1 aromatic carbocycles. The molecule has 0 heterocycles. The van der Waals surface area contributed by atoms with Crippen LogP contribution in [-0.2, 0) is 9.59 Å². The Balaban J connectivity index is 2.48. The lowest BCUT2D eigenvalue weighted by Crippen LogP contribution is -2.27. The SMILES string of the molecule is Cc1cccc(C)c1NC(=O)CN/C=C\N(C=O)C(C)C. The van der Waals surface area contributed by atoms with Gasteiger partial charge in [0.15, 0.2) is 0 Å². The van der Waals surface area contributed by atoms with Gasteiger partial charge in [-0.15, -0.1) is 0 Å². The Hall–Kier alpha value is -2.30. The molecule has 2 amide bonds. The van der Waals surface area contributed by atoms with Crippen LogP contribution in [0.1, 0.15) is 25.0 Å². The number of anilines is 1. The zero-order valence-corrected chi connectivity index (χ0v) is 13.0. The van der Waals surface area contributed by atoms with Gasteiger partial charge in [0.25, 0.3) is 0 Å². The molecule has 5 heteroatoms. The predicted octanol–water partition coefficient (Wildman–Crippen LogP) is 2.17. The Morgan fingerprint density at radius 2 is 1.90 bits per heavy atom. The summed E-state index contributed by atoms with van der Waals surface area (Å²) < 4.78 is 0. The number of carbonyl (C=O) groups is 2. The molecule has 0 bridgehead atoms. The van der Waals surface area contributed by atoms with E-state index in [-0.39, 0.29) is 18.5 Å². The first kappa shape index (κ1) is 16.8. The van der Waals surface area contributed by atoms with E-state index in [1.54, 1.807) is 12.4 Å². The van der Waals surface area contributed by atoms with Crippen LogP contribution in [0.25, 0.3) is 0 Å². The smallest absolute Gasteiger partial charge is 0.243 e. The molecule has 0 spiro atoms. The molecule has 21 heavy (non-hydrogen) atoms. The van der Waals surface area contributed by atoms with E-state index in [0.29, 0.717) is 0 Å². The van der Waals surface area contributed by atoms with Gasteiger partial charge >= 0.3 is 0 Å². The predicted molar refractivity (Wildman–Crippen MR) is 84.7 cm³/mol. The highest BCUT2D eigenvalue weighted by Gasteiger charge is 2.06. The molecule has 0 aliphatic carbocycles. The molecule has 0 radical (unpaired) electrons. The van der Waals surface area contributed by atoms with Crippen LogP contribution in [-0.4, -0.2) is 29.8 Å². The van der Waals surface area contributed by atoms with Crippen molar-refractivity contribution < 1.29 is 9.59 Å². The third-order valence-electron chi connectivity index (χ3n) is 3.09. The van der Waals surface area contributed by atoms with Gasteiger partial charge in [0.05, 0.1) is 6.54 Å². The van der Waals surface area contributed by atoms with Gasteiger partial charge in [0.1, 0.15) is 0 Å². The van der Waals surface area contributed by atoms with Crippen molar-refractivity contribution in [1.82, 2.24) is 10.2 Å². The number of para-hydroxylation sites is 1. The van der Waals surface area contributed by atoms with Crippen molar-refractivity contribution in [2.45, 2.75) is 33.7 Å². The maximum Gasteiger partial charge on any atom is 0.243 e. The van der Waals surface area contributed by atoms with Crippen molar-refractivity contribution in [2.75, 3.05) is 11.9 Å². The van der Waals surface area contributed by atoms with E-state index in [1.807, 2.05) is 45.9 Å². The maximum absolute atomic E-state index is 11.9. The summed E-state index contributed by atoms with van der Waals surface area (Å²) in [5, 5.41) is 5.76. The fourth-order valence-corrected chi connectivity index (χ4v) is 1.81. The van der Waals surface area contributed by atoms with Crippen molar-refractivity contribution in [3.63, 3.8) is 0 Å². The van der Waals surface area contributed by atoms with Gasteiger partial charge in [0.2, 0.25) is 12.3 Å². The van der Waals surface area contributed by atoms with Crippen LogP contribution >= 0.6 is 0 Å². The average Bonchev–Trinajstić information content (AvgIpc) is 2.42. The number of nitrogens with zero attached hydrogens (tertiary/aromatic N) is 1. The first-order valence-electron chi connectivity index (χ1n) is 6.94. The molecule has 0 aliphatic rings. The lowest BCUT2D eigenvalue weighted by molar-refractivity contribution is -0.117. The first-order chi connectivity index (χ1) is 9.95. The van der Waals surface area contributed by atoms with Crippen molar-refractivity contribution in [1.29, 1.82) is 0 Å². The number of benzene rings is 1. The largest absolute Gasteiger partial charge is 0.381 e. The quantitative estimate of drug-likeness (QED) is 0.756. The van der Waals surface area contributed by atoms with Gasteiger partial charge in [0, 0.05) is 24.1 Å². The van der Waals surface area contributed by atoms with Crippen molar-refractivity contribution >= 4 is 18.0 Å². The summed E-state index contributed by atoms with van der Waals surface area (Å²) >= 11 is 0. The number of amides is 2. The van der Waals surface area contributed by atoms with E-state index in [2.05, 4.69) is 10.6 Å². The minimum atomic E-state index is -0.126.